The molecule has 0 fully saturated rings. The maximum Gasteiger partial charge on any atom is 0.268 e. The van der Waals surface area contributed by atoms with Crippen LogP contribution in [0.4, 0.5) is 0 Å². The van der Waals surface area contributed by atoms with Gasteiger partial charge in [0.25, 0.3) is 11.8 Å². The van der Waals surface area contributed by atoms with E-state index < -0.39 is 11.8 Å². The Morgan fingerprint density at radius 1 is 1.10 bits per heavy atom. The molecule has 29 heavy (non-hydrogen) atoms. The molecule has 0 spiro atoms. The molecule has 146 valence electrons. The van der Waals surface area contributed by atoms with Crippen LogP contribution in [0.15, 0.2) is 83.6 Å². The molecule has 3 rings (SSSR count). The fraction of sp³-hybridized carbons (Fsp3) is 0.0455. The number of furan rings is 1. The van der Waals surface area contributed by atoms with Crippen molar-refractivity contribution in [2.24, 2.45) is 0 Å². The van der Waals surface area contributed by atoms with Gasteiger partial charge in [-0.3, -0.25) is 9.59 Å². The third-order valence-corrected chi connectivity index (χ3v) is 4.17. The molecule has 1 aromatic carbocycles. The van der Waals surface area contributed by atoms with Gasteiger partial charge in [-0.2, -0.15) is 0 Å². The lowest BCUT2D eigenvalue weighted by Crippen LogP contribution is -2.34. The van der Waals surface area contributed by atoms with Crippen LogP contribution in [0.25, 0.3) is 17.4 Å². The normalized spacial score (nSPS) is 11.0. The maximum absolute atomic E-state index is 12.5. The number of carbonyl (C=O) groups excluding carboxylic acids is 2. The highest BCUT2D eigenvalue weighted by atomic mass is 35.5. The molecule has 2 aromatic heterocycles. The second kappa shape index (κ2) is 9.52. The lowest BCUT2D eigenvalue weighted by molar-refractivity contribution is -0.117. The van der Waals surface area contributed by atoms with Crippen LogP contribution in [-0.2, 0) is 4.79 Å². The first kappa shape index (κ1) is 20.1. The fourth-order valence-electron chi connectivity index (χ4n) is 2.49. The van der Waals surface area contributed by atoms with Gasteiger partial charge in [-0.15, -0.1) is 6.58 Å². The molecule has 0 aliphatic carbocycles. The van der Waals surface area contributed by atoms with Crippen molar-refractivity contribution >= 4 is 29.5 Å². The number of nitrogens with one attached hydrogen (secondary N) is 2. The average Bonchev–Trinajstić information content (AvgIpc) is 3.20. The standard InChI is InChI=1S/C22H18ClN3O3/c1-2-12-25-22(28)18(26-21(27)15-7-4-3-5-8-15)14-16-10-11-19(29-16)17-9-6-13-24-20(17)23/h2-11,13-14H,1,12H2,(H,25,28)(H,26,27)/b18-14+. The SMILES string of the molecule is C=CCNC(=O)/C(=C\c1ccc(-c2cccnc2Cl)o1)NC(=O)c1ccccc1. The topological polar surface area (TPSA) is 84.2 Å². The van der Waals surface area contributed by atoms with Crippen molar-refractivity contribution in [1.29, 1.82) is 0 Å². The Kier molecular flexibility index (Phi) is 6.60. The van der Waals surface area contributed by atoms with Crippen molar-refractivity contribution in [2.45, 2.75) is 0 Å². The summed E-state index contributed by atoms with van der Waals surface area (Å²) in [6.07, 6.45) is 4.58. The first-order chi connectivity index (χ1) is 14.1. The predicted octanol–water partition coefficient (Wildman–Crippen LogP) is 4.07. The molecule has 3 aromatic rings. The zero-order chi connectivity index (χ0) is 20.6. The predicted molar refractivity (Wildman–Crippen MR) is 112 cm³/mol. The number of benzene rings is 1. The molecule has 0 unspecified atom stereocenters. The van der Waals surface area contributed by atoms with Gasteiger partial charge >= 0.3 is 0 Å². The van der Waals surface area contributed by atoms with E-state index in [1.807, 2.05) is 0 Å². The van der Waals surface area contributed by atoms with Gasteiger partial charge in [-0.05, 0) is 36.4 Å². The van der Waals surface area contributed by atoms with Crippen LogP contribution in [0.2, 0.25) is 5.15 Å². The monoisotopic (exact) mass is 407 g/mol. The maximum atomic E-state index is 12.5. The first-order valence-corrected chi connectivity index (χ1v) is 9.14. The summed E-state index contributed by atoms with van der Waals surface area (Å²) in [5.41, 5.74) is 1.09. The summed E-state index contributed by atoms with van der Waals surface area (Å²) in [6, 6.07) is 15.5. The van der Waals surface area contributed by atoms with E-state index in [1.165, 1.54) is 6.08 Å². The summed E-state index contributed by atoms with van der Waals surface area (Å²) < 4.78 is 5.77. The molecule has 2 heterocycles. The molecular weight excluding hydrogens is 390 g/mol. The van der Waals surface area contributed by atoms with Gasteiger partial charge < -0.3 is 15.1 Å². The Morgan fingerprint density at radius 2 is 1.90 bits per heavy atom. The minimum Gasteiger partial charge on any atom is -0.457 e. The van der Waals surface area contributed by atoms with Crippen molar-refractivity contribution in [3.63, 3.8) is 0 Å². The van der Waals surface area contributed by atoms with Gasteiger partial charge in [-0.25, -0.2) is 4.98 Å². The number of aromatic nitrogens is 1. The second-order valence-electron chi connectivity index (χ2n) is 5.92. The molecule has 0 saturated heterocycles. The van der Waals surface area contributed by atoms with Crippen LogP contribution in [0.3, 0.4) is 0 Å². The van der Waals surface area contributed by atoms with Crippen molar-refractivity contribution in [2.75, 3.05) is 6.54 Å². The molecule has 0 bridgehead atoms. The Hall–Kier alpha value is -3.64. The zero-order valence-corrected chi connectivity index (χ0v) is 16.1. The Bertz CT molecular complexity index is 1060. The number of nitrogens with zero attached hydrogens (tertiary/aromatic N) is 1. The van der Waals surface area contributed by atoms with Crippen molar-refractivity contribution < 1.29 is 14.0 Å². The number of amides is 2. The number of pyridine rings is 1. The van der Waals surface area contributed by atoms with Crippen LogP contribution in [-0.4, -0.2) is 23.3 Å². The number of carbonyl (C=O) groups is 2. The van der Waals surface area contributed by atoms with Gasteiger partial charge in [0.15, 0.2) is 0 Å². The second-order valence-corrected chi connectivity index (χ2v) is 6.28. The van der Waals surface area contributed by atoms with E-state index in [0.717, 1.165) is 0 Å². The van der Waals surface area contributed by atoms with E-state index >= 15 is 0 Å². The minimum atomic E-state index is -0.466. The van der Waals surface area contributed by atoms with Crippen molar-refractivity contribution in [1.82, 2.24) is 15.6 Å². The van der Waals surface area contributed by atoms with E-state index in [1.54, 1.807) is 66.9 Å². The van der Waals surface area contributed by atoms with Crippen LogP contribution in [0.5, 0.6) is 0 Å². The third-order valence-electron chi connectivity index (χ3n) is 3.87. The molecule has 6 nitrogen and oxygen atoms in total. The smallest absolute Gasteiger partial charge is 0.268 e. The summed E-state index contributed by atoms with van der Waals surface area (Å²) in [7, 11) is 0. The van der Waals surface area contributed by atoms with Crippen LogP contribution in [0.1, 0.15) is 16.1 Å². The highest BCUT2D eigenvalue weighted by Gasteiger charge is 2.15. The highest BCUT2D eigenvalue weighted by molar-refractivity contribution is 6.31. The van der Waals surface area contributed by atoms with Gasteiger partial charge in [0, 0.05) is 24.4 Å². The summed E-state index contributed by atoms with van der Waals surface area (Å²) in [5, 5.41) is 5.58. The zero-order valence-electron chi connectivity index (χ0n) is 15.4. The minimum absolute atomic E-state index is 0.0406. The number of halogens is 1. The lowest BCUT2D eigenvalue weighted by atomic mass is 10.2. The third kappa shape index (κ3) is 5.21. The first-order valence-electron chi connectivity index (χ1n) is 8.76. The average molecular weight is 408 g/mol. The fourth-order valence-corrected chi connectivity index (χ4v) is 2.70. The van der Waals surface area contributed by atoms with Gasteiger partial charge in [0.05, 0.1) is 5.56 Å². The molecule has 0 atom stereocenters. The van der Waals surface area contributed by atoms with E-state index in [0.29, 0.717) is 27.8 Å². The van der Waals surface area contributed by atoms with E-state index in [2.05, 4.69) is 22.2 Å². The van der Waals surface area contributed by atoms with Crippen molar-refractivity contribution in [3.05, 3.63) is 95.6 Å². The van der Waals surface area contributed by atoms with E-state index in [9.17, 15) is 9.59 Å². The quantitative estimate of drug-likeness (QED) is 0.351. The van der Waals surface area contributed by atoms with Crippen LogP contribution >= 0.6 is 11.6 Å². The summed E-state index contributed by atoms with van der Waals surface area (Å²) in [5.74, 6) is -0.00847. The molecule has 0 radical (unpaired) electrons. The molecule has 0 aliphatic heterocycles. The number of rotatable bonds is 7. The van der Waals surface area contributed by atoms with Crippen LogP contribution < -0.4 is 10.6 Å². The van der Waals surface area contributed by atoms with Gasteiger partial charge in [0.2, 0.25) is 0 Å². The van der Waals surface area contributed by atoms with Gasteiger partial charge in [0.1, 0.15) is 22.4 Å². The Labute approximate surface area is 172 Å². The molecular formula is C22H18ClN3O3. The highest BCUT2D eigenvalue weighted by Crippen LogP contribution is 2.28. The molecule has 0 aliphatic rings. The largest absolute Gasteiger partial charge is 0.457 e. The molecule has 7 heteroatoms. The summed E-state index contributed by atoms with van der Waals surface area (Å²) >= 11 is 6.10. The van der Waals surface area contributed by atoms with E-state index in [4.69, 9.17) is 16.0 Å². The van der Waals surface area contributed by atoms with E-state index in [-0.39, 0.29) is 12.2 Å². The summed E-state index contributed by atoms with van der Waals surface area (Å²) in [4.78, 5) is 29.0. The molecule has 0 saturated carbocycles. The number of hydrogen-bond donors (Lipinski definition) is 2. The molecule has 2 amide bonds. The Balaban J connectivity index is 1.88. The van der Waals surface area contributed by atoms with Crippen molar-refractivity contribution in [3.8, 4) is 11.3 Å². The summed E-state index contributed by atoms with van der Waals surface area (Å²) in [6.45, 7) is 3.83. The Morgan fingerprint density at radius 3 is 2.62 bits per heavy atom. The number of hydrogen-bond acceptors (Lipinski definition) is 4. The van der Waals surface area contributed by atoms with Crippen LogP contribution in [0, 0.1) is 0 Å². The van der Waals surface area contributed by atoms with Gasteiger partial charge in [-0.1, -0.05) is 35.9 Å². The lowest BCUT2D eigenvalue weighted by Gasteiger charge is -2.09. The molecule has 2 N–H and O–H groups in total.